The summed E-state index contributed by atoms with van der Waals surface area (Å²) in [6.07, 6.45) is 0. The van der Waals surface area contributed by atoms with Gasteiger partial charge in [-0.15, -0.1) is 0 Å². The van der Waals surface area contributed by atoms with E-state index < -0.39 is 7.14 Å². The molecule has 0 unspecified atom stereocenters. The molecule has 0 fully saturated rings. The van der Waals surface area contributed by atoms with Crippen LogP contribution in [-0.4, -0.2) is 13.7 Å². The lowest BCUT2D eigenvalue weighted by atomic mass is 10.2. The van der Waals surface area contributed by atoms with E-state index in [1.807, 2.05) is 84.9 Å². The minimum Gasteiger partial charge on any atom is -0.497 e. The highest BCUT2D eigenvalue weighted by Crippen LogP contribution is 2.59. The van der Waals surface area contributed by atoms with Gasteiger partial charge in [0.05, 0.1) is 13.7 Å². The molecule has 3 rings (SSSR count). The van der Waals surface area contributed by atoms with Crippen molar-refractivity contribution in [2.24, 2.45) is 5.11 Å². The smallest absolute Gasteiger partial charge is 0.172 e. The molecule has 0 saturated heterocycles. The van der Waals surface area contributed by atoms with Crippen molar-refractivity contribution in [2.75, 3.05) is 13.7 Å². The van der Waals surface area contributed by atoms with Gasteiger partial charge in [-0.1, -0.05) is 77.9 Å². The van der Waals surface area contributed by atoms with E-state index in [0.717, 1.165) is 19.8 Å². The van der Waals surface area contributed by atoms with E-state index in [2.05, 4.69) is 32.6 Å². The average molecular weight is 515 g/mol. The number of hydrogen-bond acceptors (Lipinski definition) is 3. The first kappa shape index (κ1) is 21.2. The Balaban J connectivity index is 2.34. The van der Waals surface area contributed by atoms with Gasteiger partial charge < -0.3 is 9.30 Å². The maximum Gasteiger partial charge on any atom is 0.172 e. The van der Waals surface area contributed by atoms with Crippen molar-refractivity contribution in [1.82, 2.24) is 0 Å². The predicted molar refractivity (Wildman–Crippen MR) is 128 cm³/mol. The summed E-state index contributed by atoms with van der Waals surface area (Å²) < 4.78 is 20.9. The van der Waals surface area contributed by atoms with Crippen LogP contribution < -0.4 is 15.3 Å². The van der Waals surface area contributed by atoms with E-state index in [9.17, 15) is 4.57 Å². The Labute approximate surface area is 183 Å². The fraction of sp³-hybridized carbons (Fsp3) is 0.0909. The van der Waals surface area contributed by atoms with Crippen LogP contribution in [0.15, 0.2) is 93.6 Å². The summed E-state index contributed by atoms with van der Waals surface area (Å²) in [6.45, 7) is 0.127. The van der Waals surface area contributed by atoms with Crippen LogP contribution in [0.3, 0.4) is 0 Å². The lowest BCUT2D eigenvalue weighted by Gasteiger charge is -2.24. The molecular weight excluding hydrogens is 496 g/mol. The Morgan fingerprint density at radius 2 is 1.48 bits per heavy atom. The number of rotatable bonds is 7. The van der Waals surface area contributed by atoms with Gasteiger partial charge in [0, 0.05) is 24.4 Å². The quantitative estimate of drug-likeness (QED) is 0.125. The van der Waals surface area contributed by atoms with Crippen molar-refractivity contribution < 1.29 is 9.30 Å². The molecule has 0 bridgehead atoms. The molecule has 0 aromatic heterocycles. The Morgan fingerprint density at radius 1 is 0.966 bits per heavy atom. The standard InChI is InChI=1S/C22H19IN3O2P/c1-28-18-14-12-17(13-15-18)22(21(23)16-25-26-24)29(27,19-8-4-2-5-9-19)20-10-6-3-7-11-20/h2-15H,16H2,1H3/b22-21+. The zero-order valence-corrected chi connectivity index (χ0v) is 18.8. The Bertz CT molecular complexity index is 1050. The van der Waals surface area contributed by atoms with E-state index in [1.54, 1.807) is 7.11 Å². The highest BCUT2D eigenvalue weighted by molar-refractivity contribution is 14.1. The summed E-state index contributed by atoms with van der Waals surface area (Å²) in [5.74, 6) is 0.715. The minimum absolute atomic E-state index is 0.127. The number of nitrogens with zero attached hydrogens (tertiary/aromatic N) is 3. The zero-order chi connectivity index (χ0) is 20.7. The summed E-state index contributed by atoms with van der Waals surface area (Å²) in [6, 6.07) is 26.3. The van der Waals surface area contributed by atoms with E-state index in [4.69, 9.17) is 10.3 Å². The summed E-state index contributed by atoms with van der Waals surface area (Å²) in [5.41, 5.74) is 9.62. The van der Waals surface area contributed by atoms with E-state index >= 15 is 0 Å². The molecule has 7 heteroatoms. The van der Waals surface area contributed by atoms with Crippen LogP contribution in [0.1, 0.15) is 5.56 Å². The summed E-state index contributed by atoms with van der Waals surface area (Å²) in [7, 11) is -1.62. The fourth-order valence-electron chi connectivity index (χ4n) is 3.11. The molecule has 0 atom stereocenters. The molecule has 146 valence electrons. The molecule has 0 aliphatic carbocycles. The van der Waals surface area contributed by atoms with Crippen molar-refractivity contribution in [2.45, 2.75) is 0 Å². The Kier molecular flexibility index (Phi) is 7.15. The number of benzene rings is 3. The zero-order valence-electron chi connectivity index (χ0n) is 15.8. The maximum atomic E-state index is 14.8. The molecule has 0 aliphatic rings. The van der Waals surface area contributed by atoms with Crippen LogP contribution in [-0.2, 0) is 4.57 Å². The third-order valence-electron chi connectivity index (χ3n) is 4.45. The lowest BCUT2D eigenvalue weighted by Crippen LogP contribution is -2.17. The first-order valence-electron chi connectivity index (χ1n) is 8.87. The van der Waals surface area contributed by atoms with E-state index in [0.29, 0.717) is 11.1 Å². The van der Waals surface area contributed by atoms with Gasteiger partial charge in [0.15, 0.2) is 7.14 Å². The normalized spacial score (nSPS) is 11.9. The second kappa shape index (κ2) is 9.79. The largest absolute Gasteiger partial charge is 0.497 e. The molecular formula is C22H19IN3O2P. The highest BCUT2D eigenvalue weighted by atomic mass is 127. The molecule has 5 nitrogen and oxygen atoms in total. The van der Waals surface area contributed by atoms with Gasteiger partial charge in [-0.05, 0) is 45.8 Å². The van der Waals surface area contributed by atoms with E-state index in [-0.39, 0.29) is 6.54 Å². The van der Waals surface area contributed by atoms with Gasteiger partial charge in [0.1, 0.15) is 5.75 Å². The third-order valence-corrected chi connectivity index (χ3v) is 8.96. The van der Waals surface area contributed by atoms with Gasteiger partial charge in [-0.25, -0.2) is 0 Å². The first-order valence-corrected chi connectivity index (χ1v) is 11.7. The summed E-state index contributed by atoms with van der Waals surface area (Å²) in [4.78, 5) is 2.88. The molecule has 0 radical (unpaired) electrons. The predicted octanol–water partition coefficient (Wildman–Crippen LogP) is 6.12. The number of halogens is 1. The first-order chi connectivity index (χ1) is 14.1. The maximum absolute atomic E-state index is 14.8. The molecule has 0 heterocycles. The average Bonchev–Trinajstić information content (AvgIpc) is 2.79. The Morgan fingerprint density at radius 3 is 1.93 bits per heavy atom. The van der Waals surface area contributed by atoms with Crippen molar-refractivity contribution in [1.29, 1.82) is 0 Å². The van der Waals surface area contributed by atoms with Crippen LogP contribution in [0.4, 0.5) is 0 Å². The number of hydrogen-bond donors (Lipinski definition) is 0. The Hall–Kier alpha value is -2.53. The molecule has 0 amide bonds. The highest BCUT2D eigenvalue weighted by Gasteiger charge is 2.34. The molecule has 0 aliphatic heterocycles. The second-order valence-electron chi connectivity index (χ2n) is 6.15. The molecule has 0 N–H and O–H groups in total. The second-order valence-corrected chi connectivity index (χ2v) is 10.2. The van der Waals surface area contributed by atoms with Gasteiger partial charge in [0.25, 0.3) is 0 Å². The van der Waals surface area contributed by atoms with Crippen LogP contribution in [0, 0.1) is 0 Å². The SMILES string of the molecule is COc1ccc(/C(=C(\I)CN=[N+]=[N-])P(=O)(c2ccccc2)c2ccccc2)cc1. The lowest BCUT2D eigenvalue weighted by molar-refractivity contribution is 0.415. The monoisotopic (exact) mass is 515 g/mol. The van der Waals surface area contributed by atoms with Crippen LogP contribution in [0.25, 0.3) is 15.8 Å². The summed E-state index contributed by atoms with van der Waals surface area (Å²) in [5, 5.41) is 5.85. The fourth-order valence-corrected chi connectivity index (χ4v) is 7.52. The van der Waals surface area contributed by atoms with E-state index in [1.165, 1.54) is 0 Å². The van der Waals surface area contributed by atoms with Gasteiger partial charge >= 0.3 is 0 Å². The van der Waals surface area contributed by atoms with Gasteiger partial charge in [-0.3, -0.25) is 0 Å². The topological polar surface area (TPSA) is 75.1 Å². The van der Waals surface area contributed by atoms with Crippen LogP contribution in [0.2, 0.25) is 0 Å². The van der Waals surface area contributed by atoms with Crippen LogP contribution in [0.5, 0.6) is 5.75 Å². The summed E-state index contributed by atoms with van der Waals surface area (Å²) >= 11 is 2.14. The molecule has 3 aromatic rings. The number of ether oxygens (including phenoxy) is 1. The minimum atomic E-state index is -3.23. The van der Waals surface area contributed by atoms with Gasteiger partial charge in [0.2, 0.25) is 0 Å². The van der Waals surface area contributed by atoms with Crippen molar-refractivity contribution in [3.8, 4) is 5.75 Å². The molecule has 0 saturated carbocycles. The number of azide groups is 1. The van der Waals surface area contributed by atoms with Gasteiger partial charge in [-0.2, -0.15) is 0 Å². The molecule has 0 spiro atoms. The van der Waals surface area contributed by atoms with Crippen molar-refractivity contribution >= 4 is 45.7 Å². The number of methoxy groups -OCH3 is 1. The van der Waals surface area contributed by atoms with Crippen molar-refractivity contribution in [3.63, 3.8) is 0 Å². The van der Waals surface area contributed by atoms with Crippen LogP contribution >= 0.6 is 29.7 Å². The molecule has 29 heavy (non-hydrogen) atoms. The molecule has 3 aromatic carbocycles. The van der Waals surface area contributed by atoms with Crippen molar-refractivity contribution in [3.05, 3.63) is 105 Å². The third kappa shape index (κ3) is 4.56.